The maximum absolute atomic E-state index is 13.1. The normalized spacial score (nSPS) is 12.7. The van der Waals surface area contributed by atoms with Crippen LogP contribution in [0.25, 0.3) is 0 Å². The number of methoxy groups -OCH3 is 1. The van der Waals surface area contributed by atoms with Crippen LogP contribution in [0, 0.1) is 13.8 Å². The quantitative estimate of drug-likeness (QED) is 0.708. The maximum Gasteiger partial charge on any atom is 0.241 e. The standard InChI is InChI=1S/C20H23N3O3S/c1-14-5-6-15(2)18(13-14)27(24,25)22-19(20-21-11-12-23(20)3)16-7-9-17(26-4)10-8-16/h5-13,19,22H,1-4H3. The van der Waals surface area contributed by atoms with E-state index >= 15 is 0 Å². The summed E-state index contributed by atoms with van der Waals surface area (Å²) in [6.45, 7) is 3.66. The van der Waals surface area contributed by atoms with Crippen molar-refractivity contribution in [2.45, 2.75) is 24.8 Å². The molecule has 1 atom stereocenters. The highest BCUT2D eigenvalue weighted by molar-refractivity contribution is 7.89. The van der Waals surface area contributed by atoms with Crippen molar-refractivity contribution in [2.24, 2.45) is 7.05 Å². The molecule has 142 valence electrons. The summed E-state index contributed by atoms with van der Waals surface area (Å²) in [5, 5.41) is 0. The van der Waals surface area contributed by atoms with E-state index in [1.54, 1.807) is 49.2 Å². The van der Waals surface area contributed by atoms with Crippen LogP contribution < -0.4 is 9.46 Å². The predicted octanol–water partition coefficient (Wildman–Crippen LogP) is 3.11. The van der Waals surface area contributed by atoms with E-state index in [1.807, 2.05) is 38.2 Å². The smallest absolute Gasteiger partial charge is 0.241 e. The van der Waals surface area contributed by atoms with Gasteiger partial charge in [-0.3, -0.25) is 0 Å². The van der Waals surface area contributed by atoms with Crippen LogP contribution in [0.3, 0.4) is 0 Å². The van der Waals surface area contributed by atoms with Gasteiger partial charge in [-0.15, -0.1) is 0 Å². The molecule has 3 rings (SSSR count). The summed E-state index contributed by atoms with van der Waals surface area (Å²) in [7, 11) is -0.324. The summed E-state index contributed by atoms with van der Waals surface area (Å²) >= 11 is 0. The minimum atomic E-state index is -3.75. The van der Waals surface area contributed by atoms with Gasteiger partial charge in [-0.05, 0) is 48.7 Å². The highest BCUT2D eigenvalue weighted by Crippen LogP contribution is 2.26. The molecule has 3 aromatic rings. The van der Waals surface area contributed by atoms with E-state index in [0.717, 1.165) is 11.1 Å². The van der Waals surface area contributed by atoms with Crippen LogP contribution in [0.4, 0.5) is 0 Å². The van der Waals surface area contributed by atoms with Gasteiger partial charge in [-0.2, -0.15) is 4.72 Å². The Morgan fingerprint density at radius 2 is 1.81 bits per heavy atom. The van der Waals surface area contributed by atoms with Gasteiger partial charge in [0.15, 0.2) is 0 Å². The summed E-state index contributed by atoms with van der Waals surface area (Å²) in [5.41, 5.74) is 2.36. The monoisotopic (exact) mass is 385 g/mol. The number of sulfonamides is 1. The molecule has 0 saturated heterocycles. The van der Waals surface area contributed by atoms with Crippen molar-refractivity contribution in [1.82, 2.24) is 14.3 Å². The van der Waals surface area contributed by atoms with E-state index in [1.165, 1.54) is 0 Å². The average Bonchev–Trinajstić information content (AvgIpc) is 3.07. The first-order valence-corrected chi connectivity index (χ1v) is 10.0. The summed E-state index contributed by atoms with van der Waals surface area (Å²) in [5.74, 6) is 1.31. The average molecular weight is 385 g/mol. The Morgan fingerprint density at radius 3 is 2.41 bits per heavy atom. The summed E-state index contributed by atoms with van der Waals surface area (Å²) in [6, 6.07) is 12.0. The van der Waals surface area contributed by atoms with Gasteiger partial charge < -0.3 is 9.30 Å². The van der Waals surface area contributed by atoms with E-state index in [-0.39, 0.29) is 4.90 Å². The Bertz CT molecular complexity index is 1040. The van der Waals surface area contributed by atoms with E-state index in [4.69, 9.17) is 4.74 Å². The largest absolute Gasteiger partial charge is 0.497 e. The Balaban J connectivity index is 2.05. The molecule has 0 aliphatic rings. The molecule has 7 heteroatoms. The molecule has 1 N–H and O–H groups in total. The zero-order valence-corrected chi connectivity index (χ0v) is 16.6. The molecule has 0 aliphatic heterocycles. The molecule has 6 nitrogen and oxygen atoms in total. The third kappa shape index (κ3) is 4.04. The van der Waals surface area contributed by atoms with Gasteiger partial charge in [-0.25, -0.2) is 13.4 Å². The van der Waals surface area contributed by atoms with Gasteiger partial charge in [0.2, 0.25) is 10.0 Å². The molecule has 1 aromatic heterocycles. The van der Waals surface area contributed by atoms with Crippen molar-refractivity contribution in [2.75, 3.05) is 7.11 Å². The highest BCUT2D eigenvalue weighted by atomic mass is 32.2. The minimum absolute atomic E-state index is 0.273. The van der Waals surface area contributed by atoms with Crippen LogP contribution in [0.5, 0.6) is 5.75 Å². The summed E-state index contributed by atoms with van der Waals surface area (Å²) < 4.78 is 36.1. The second kappa shape index (κ2) is 7.54. The number of ether oxygens (including phenoxy) is 1. The lowest BCUT2D eigenvalue weighted by Crippen LogP contribution is -2.31. The van der Waals surface area contributed by atoms with Crippen LogP contribution in [-0.2, 0) is 17.1 Å². The molecule has 27 heavy (non-hydrogen) atoms. The van der Waals surface area contributed by atoms with Crippen LogP contribution in [0.15, 0.2) is 59.8 Å². The van der Waals surface area contributed by atoms with Crippen molar-refractivity contribution in [3.8, 4) is 5.75 Å². The van der Waals surface area contributed by atoms with Gasteiger partial charge in [-0.1, -0.05) is 24.3 Å². The minimum Gasteiger partial charge on any atom is -0.497 e. The molecular formula is C20H23N3O3S. The third-order valence-corrected chi connectivity index (χ3v) is 6.04. The third-order valence-electron chi connectivity index (χ3n) is 4.47. The molecule has 0 amide bonds. The van der Waals surface area contributed by atoms with Crippen LogP contribution in [0.2, 0.25) is 0 Å². The first-order chi connectivity index (χ1) is 12.8. The predicted molar refractivity (Wildman–Crippen MR) is 104 cm³/mol. The SMILES string of the molecule is COc1ccc(C(NS(=O)(=O)c2cc(C)ccc2C)c2nccn2C)cc1. The summed E-state index contributed by atoms with van der Waals surface area (Å²) in [6.07, 6.45) is 3.44. The van der Waals surface area contributed by atoms with Crippen molar-refractivity contribution >= 4 is 10.0 Å². The molecule has 1 heterocycles. The molecule has 0 radical (unpaired) electrons. The molecular weight excluding hydrogens is 362 g/mol. The molecule has 2 aromatic carbocycles. The second-order valence-corrected chi connectivity index (χ2v) is 8.18. The Hall–Kier alpha value is -2.64. The zero-order chi connectivity index (χ0) is 19.6. The molecule has 0 aliphatic carbocycles. The number of nitrogens with zero attached hydrogens (tertiary/aromatic N) is 2. The van der Waals surface area contributed by atoms with Crippen LogP contribution in [0.1, 0.15) is 28.6 Å². The van der Waals surface area contributed by atoms with Crippen molar-refractivity contribution in [3.05, 3.63) is 77.4 Å². The molecule has 0 saturated carbocycles. The number of benzene rings is 2. The van der Waals surface area contributed by atoms with Crippen molar-refractivity contribution in [1.29, 1.82) is 0 Å². The maximum atomic E-state index is 13.1. The fourth-order valence-electron chi connectivity index (χ4n) is 2.94. The van der Waals surface area contributed by atoms with E-state index in [9.17, 15) is 8.42 Å². The van der Waals surface area contributed by atoms with Gasteiger partial charge >= 0.3 is 0 Å². The van der Waals surface area contributed by atoms with Gasteiger partial charge in [0, 0.05) is 19.4 Å². The number of nitrogens with one attached hydrogen (secondary N) is 1. The Kier molecular flexibility index (Phi) is 5.34. The number of imidazole rings is 1. The summed E-state index contributed by atoms with van der Waals surface area (Å²) in [4.78, 5) is 4.63. The first kappa shape index (κ1) is 19.1. The lowest BCUT2D eigenvalue weighted by molar-refractivity contribution is 0.414. The molecule has 0 bridgehead atoms. The Morgan fingerprint density at radius 1 is 1.11 bits per heavy atom. The fourth-order valence-corrected chi connectivity index (χ4v) is 4.45. The number of aryl methyl sites for hydroxylation is 3. The van der Waals surface area contributed by atoms with Crippen LogP contribution >= 0.6 is 0 Å². The van der Waals surface area contributed by atoms with Gasteiger partial charge in [0.1, 0.15) is 17.6 Å². The van der Waals surface area contributed by atoms with Crippen LogP contribution in [-0.4, -0.2) is 25.1 Å². The zero-order valence-electron chi connectivity index (χ0n) is 15.8. The number of aromatic nitrogens is 2. The van der Waals surface area contributed by atoms with E-state index < -0.39 is 16.1 Å². The molecule has 1 unspecified atom stereocenters. The van der Waals surface area contributed by atoms with E-state index in [0.29, 0.717) is 17.1 Å². The molecule has 0 fully saturated rings. The van der Waals surface area contributed by atoms with Gasteiger partial charge in [0.05, 0.1) is 12.0 Å². The fraction of sp³-hybridized carbons (Fsp3) is 0.250. The molecule has 0 spiro atoms. The van der Waals surface area contributed by atoms with Crippen molar-refractivity contribution in [3.63, 3.8) is 0 Å². The van der Waals surface area contributed by atoms with Crippen molar-refractivity contribution < 1.29 is 13.2 Å². The number of hydrogen-bond donors (Lipinski definition) is 1. The first-order valence-electron chi connectivity index (χ1n) is 8.52. The number of rotatable bonds is 6. The van der Waals surface area contributed by atoms with E-state index in [2.05, 4.69) is 9.71 Å². The lowest BCUT2D eigenvalue weighted by Gasteiger charge is -2.20. The number of hydrogen-bond acceptors (Lipinski definition) is 4. The Labute approximate surface area is 159 Å². The topological polar surface area (TPSA) is 73.2 Å². The van der Waals surface area contributed by atoms with Gasteiger partial charge in [0.25, 0.3) is 0 Å². The lowest BCUT2D eigenvalue weighted by atomic mass is 10.1. The second-order valence-electron chi connectivity index (χ2n) is 6.49. The highest BCUT2D eigenvalue weighted by Gasteiger charge is 2.26.